The van der Waals surface area contributed by atoms with Crippen LogP contribution in [0.1, 0.15) is 39.5 Å². The highest BCUT2D eigenvalue weighted by Gasteiger charge is 2.39. The smallest absolute Gasteiger partial charge is 0.309 e. The zero-order valence-electron chi connectivity index (χ0n) is 12.7. The predicted molar refractivity (Wildman–Crippen MR) is 76.5 cm³/mol. The van der Waals surface area contributed by atoms with Gasteiger partial charge in [-0.25, -0.2) is 0 Å². The quantitative estimate of drug-likeness (QED) is 0.788. The molecule has 6 nitrogen and oxygen atoms in total. The molecule has 6 heteroatoms. The highest BCUT2D eigenvalue weighted by molar-refractivity contribution is 5.82. The van der Waals surface area contributed by atoms with Gasteiger partial charge in [0.15, 0.2) is 0 Å². The van der Waals surface area contributed by atoms with Gasteiger partial charge in [-0.3, -0.25) is 14.4 Å². The Morgan fingerprint density at radius 2 is 1.86 bits per heavy atom. The zero-order chi connectivity index (χ0) is 15.6. The second-order valence-corrected chi connectivity index (χ2v) is 6.61. The molecule has 1 aliphatic heterocycles. The van der Waals surface area contributed by atoms with Crippen LogP contribution >= 0.6 is 0 Å². The van der Waals surface area contributed by atoms with E-state index in [1.807, 2.05) is 6.92 Å². The largest absolute Gasteiger partial charge is 0.481 e. The highest BCUT2D eigenvalue weighted by Crippen LogP contribution is 2.37. The minimum Gasteiger partial charge on any atom is -0.481 e. The lowest BCUT2D eigenvalue weighted by atomic mass is 9.80. The third-order valence-corrected chi connectivity index (χ3v) is 4.82. The van der Waals surface area contributed by atoms with Crippen LogP contribution in [0.3, 0.4) is 0 Å². The van der Waals surface area contributed by atoms with Crippen LogP contribution in [-0.2, 0) is 14.4 Å². The molecule has 2 N–H and O–H groups in total. The van der Waals surface area contributed by atoms with Crippen molar-refractivity contribution in [2.24, 2.45) is 17.3 Å². The Kier molecular flexibility index (Phi) is 4.54. The molecule has 0 aromatic carbocycles. The number of nitrogens with zero attached hydrogens (tertiary/aromatic N) is 1. The Balaban J connectivity index is 1.68. The van der Waals surface area contributed by atoms with Gasteiger partial charge >= 0.3 is 5.97 Å². The van der Waals surface area contributed by atoms with E-state index in [0.717, 1.165) is 6.42 Å². The number of carboxylic acid groups (broad SMARTS) is 1. The van der Waals surface area contributed by atoms with E-state index in [4.69, 9.17) is 5.11 Å². The first-order valence-electron chi connectivity index (χ1n) is 7.62. The SMILES string of the molecule is CC1CC1C(=O)NCCC(=O)N1CCC(C)(C(=O)O)CC1. The Morgan fingerprint density at radius 3 is 2.33 bits per heavy atom. The molecule has 2 atom stereocenters. The fourth-order valence-electron chi connectivity index (χ4n) is 2.73. The summed E-state index contributed by atoms with van der Waals surface area (Å²) in [6, 6.07) is 0. The number of likely N-dealkylation sites (tertiary alicyclic amines) is 1. The van der Waals surface area contributed by atoms with Crippen LogP contribution in [0, 0.1) is 17.3 Å². The molecular weight excluding hydrogens is 272 g/mol. The summed E-state index contributed by atoms with van der Waals surface area (Å²) in [6.07, 6.45) is 2.20. The molecule has 0 spiro atoms. The van der Waals surface area contributed by atoms with Gasteiger partial charge in [0, 0.05) is 32.0 Å². The van der Waals surface area contributed by atoms with Gasteiger partial charge in [0.1, 0.15) is 0 Å². The summed E-state index contributed by atoms with van der Waals surface area (Å²) in [5.74, 6) is -0.151. The van der Waals surface area contributed by atoms with E-state index < -0.39 is 11.4 Å². The Hall–Kier alpha value is -1.59. The van der Waals surface area contributed by atoms with Crippen molar-refractivity contribution in [3.05, 3.63) is 0 Å². The molecule has 2 fully saturated rings. The van der Waals surface area contributed by atoms with E-state index in [1.54, 1.807) is 11.8 Å². The maximum absolute atomic E-state index is 12.0. The molecule has 0 bridgehead atoms. The average molecular weight is 296 g/mol. The van der Waals surface area contributed by atoms with E-state index >= 15 is 0 Å². The van der Waals surface area contributed by atoms with Gasteiger partial charge in [-0.2, -0.15) is 0 Å². The fourth-order valence-corrected chi connectivity index (χ4v) is 2.73. The summed E-state index contributed by atoms with van der Waals surface area (Å²) < 4.78 is 0. The summed E-state index contributed by atoms with van der Waals surface area (Å²) in [5.41, 5.74) is -0.715. The van der Waals surface area contributed by atoms with Gasteiger partial charge in [0.05, 0.1) is 5.41 Å². The molecule has 2 aliphatic rings. The van der Waals surface area contributed by atoms with E-state index in [0.29, 0.717) is 38.4 Å². The van der Waals surface area contributed by atoms with Crippen LogP contribution in [-0.4, -0.2) is 47.4 Å². The molecule has 21 heavy (non-hydrogen) atoms. The van der Waals surface area contributed by atoms with Crippen LogP contribution in [0.25, 0.3) is 0 Å². The number of aliphatic carboxylic acids is 1. The first kappa shape index (κ1) is 15.8. The van der Waals surface area contributed by atoms with Gasteiger partial charge in [-0.1, -0.05) is 6.92 Å². The van der Waals surface area contributed by atoms with Crippen molar-refractivity contribution in [2.45, 2.75) is 39.5 Å². The molecule has 1 saturated carbocycles. The van der Waals surface area contributed by atoms with Crippen LogP contribution in [0.15, 0.2) is 0 Å². The molecule has 1 aliphatic carbocycles. The fraction of sp³-hybridized carbons (Fsp3) is 0.800. The number of piperidine rings is 1. The molecule has 0 aromatic rings. The molecule has 1 saturated heterocycles. The monoisotopic (exact) mass is 296 g/mol. The first-order valence-corrected chi connectivity index (χ1v) is 7.62. The maximum atomic E-state index is 12.0. The molecule has 0 radical (unpaired) electrons. The molecule has 2 amide bonds. The maximum Gasteiger partial charge on any atom is 0.309 e. The van der Waals surface area contributed by atoms with Gasteiger partial charge < -0.3 is 15.3 Å². The minimum atomic E-state index is -0.791. The second-order valence-electron chi connectivity index (χ2n) is 6.61. The number of carbonyl (C=O) groups excluding carboxylic acids is 2. The van der Waals surface area contributed by atoms with Crippen molar-refractivity contribution < 1.29 is 19.5 Å². The molecule has 118 valence electrons. The van der Waals surface area contributed by atoms with Crippen molar-refractivity contribution in [2.75, 3.05) is 19.6 Å². The minimum absolute atomic E-state index is 0.00779. The predicted octanol–water partition coefficient (Wildman–Crippen LogP) is 0.862. The van der Waals surface area contributed by atoms with Crippen molar-refractivity contribution >= 4 is 17.8 Å². The van der Waals surface area contributed by atoms with Crippen molar-refractivity contribution in [3.8, 4) is 0 Å². The van der Waals surface area contributed by atoms with Gasteiger partial charge in [0.25, 0.3) is 0 Å². The Bertz CT molecular complexity index is 441. The second kappa shape index (κ2) is 6.03. The third kappa shape index (κ3) is 3.74. The summed E-state index contributed by atoms with van der Waals surface area (Å²) >= 11 is 0. The van der Waals surface area contributed by atoms with E-state index in [-0.39, 0.29) is 24.2 Å². The Labute approximate surface area is 124 Å². The zero-order valence-corrected chi connectivity index (χ0v) is 12.7. The summed E-state index contributed by atoms with van der Waals surface area (Å²) in [4.78, 5) is 36.5. The average Bonchev–Trinajstić information content (AvgIpc) is 3.16. The number of nitrogens with one attached hydrogen (secondary N) is 1. The van der Waals surface area contributed by atoms with Gasteiger partial charge in [-0.05, 0) is 32.1 Å². The lowest BCUT2D eigenvalue weighted by molar-refractivity contribution is -0.153. The lowest BCUT2D eigenvalue weighted by Gasteiger charge is -2.36. The molecular formula is C15H24N2O4. The van der Waals surface area contributed by atoms with E-state index in [9.17, 15) is 14.4 Å². The lowest BCUT2D eigenvalue weighted by Crippen LogP contribution is -2.45. The number of hydrogen-bond donors (Lipinski definition) is 2. The van der Waals surface area contributed by atoms with E-state index in [1.165, 1.54) is 0 Å². The number of carbonyl (C=O) groups is 3. The first-order chi connectivity index (χ1) is 9.83. The standard InChI is InChI=1S/C15H24N2O4/c1-10-9-11(10)13(19)16-6-3-12(18)17-7-4-15(2,5-8-17)14(20)21/h10-11H,3-9H2,1-2H3,(H,16,19)(H,20,21). The van der Waals surface area contributed by atoms with Crippen molar-refractivity contribution in [3.63, 3.8) is 0 Å². The normalized spacial score (nSPS) is 27.0. The summed E-state index contributed by atoms with van der Waals surface area (Å²) in [7, 11) is 0. The Morgan fingerprint density at radius 1 is 1.29 bits per heavy atom. The molecule has 1 heterocycles. The highest BCUT2D eigenvalue weighted by atomic mass is 16.4. The molecule has 2 unspecified atom stereocenters. The van der Waals surface area contributed by atoms with Gasteiger partial charge in [-0.15, -0.1) is 0 Å². The van der Waals surface area contributed by atoms with Crippen LogP contribution < -0.4 is 5.32 Å². The van der Waals surface area contributed by atoms with Crippen LogP contribution in [0.4, 0.5) is 0 Å². The van der Waals surface area contributed by atoms with Gasteiger partial charge in [0.2, 0.25) is 11.8 Å². The number of hydrogen-bond acceptors (Lipinski definition) is 3. The summed E-state index contributed by atoms with van der Waals surface area (Å²) in [5, 5.41) is 12.0. The van der Waals surface area contributed by atoms with Crippen LogP contribution in [0.5, 0.6) is 0 Å². The summed E-state index contributed by atoms with van der Waals surface area (Å²) in [6.45, 7) is 5.11. The van der Waals surface area contributed by atoms with Crippen LogP contribution in [0.2, 0.25) is 0 Å². The third-order valence-electron chi connectivity index (χ3n) is 4.82. The van der Waals surface area contributed by atoms with Crippen molar-refractivity contribution in [1.29, 1.82) is 0 Å². The number of amides is 2. The number of carboxylic acids is 1. The van der Waals surface area contributed by atoms with Crippen molar-refractivity contribution in [1.82, 2.24) is 10.2 Å². The molecule has 2 rings (SSSR count). The molecule has 0 aromatic heterocycles. The van der Waals surface area contributed by atoms with E-state index in [2.05, 4.69) is 5.32 Å². The number of rotatable bonds is 5. The topological polar surface area (TPSA) is 86.7 Å².